The van der Waals surface area contributed by atoms with E-state index >= 15 is 33.6 Å². The molecule has 2 aromatic carbocycles. The lowest BCUT2D eigenvalue weighted by atomic mass is 9.81. The quantitative estimate of drug-likeness (QED) is 0.184. The molecule has 0 radical (unpaired) electrons. The first-order chi connectivity index (χ1) is 50.7. The van der Waals surface area contributed by atoms with E-state index in [0.717, 1.165) is 90.2 Å². The van der Waals surface area contributed by atoms with Crippen molar-refractivity contribution in [3.8, 4) is 0 Å². The predicted molar refractivity (Wildman–Crippen MR) is 398 cm³/mol. The molecule has 3 saturated heterocycles. The highest BCUT2D eigenvalue weighted by molar-refractivity contribution is 6.31. The fourth-order valence-electron chi connectivity index (χ4n) is 16.8. The molecule has 3 heterocycles. The molecule has 12 amide bonds. The van der Waals surface area contributed by atoms with Gasteiger partial charge in [-0.2, -0.15) is 13.2 Å². The van der Waals surface area contributed by atoms with Gasteiger partial charge in [0.2, 0.25) is 70.9 Å². The number of halogens is 4. The van der Waals surface area contributed by atoms with Crippen LogP contribution in [0.2, 0.25) is 5.02 Å². The summed E-state index contributed by atoms with van der Waals surface area (Å²) >= 11 is 6.24. The van der Waals surface area contributed by atoms with Gasteiger partial charge in [-0.25, -0.2) is 0 Å². The summed E-state index contributed by atoms with van der Waals surface area (Å²) in [5.41, 5.74) is -1.62. The number of benzene rings is 2. The van der Waals surface area contributed by atoms with E-state index in [1.807, 2.05) is 51.1 Å². The third kappa shape index (κ3) is 21.4. The molecule has 3 N–H and O–H groups in total. The fourth-order valence-corrected chi connectivity index (χ4v) is 17.2. The van der Waals surface area contributed by atoms with Gasteiger partial charge >= 0.3 is 6.18 Å². The van der Waals surface area contributed by atoms with E-state index in [1.165, 1.54) is 79.9 Å². The van der Waals surface area contributed by atoms with Crippen molar-refractivity contribution < 1.29 is 70.7 Å². The summed E-state index contributed by atoms with van der Waals surface area (Å²) in [6.45, 7) is 6.33. The molecular weight excluding hydrogens is 1400 g/mol. The molecule has 28 heteroatoms. The van der Waals surface area contributed by atoms with Crippen LogP contribution in [0.25, 0.3) is 0 Å². The average molecular weight is 1520 g/mol. The van der Waals surface area contributed by atoms with Crippen molar-refractivity contribution in [1.29, 1.82) is 0 Å². The number of likely N-dealkylation sites (N-methyl/N-ethyl adjacent to an activating group) is 7. The molecule has 6 aliphatic rings. The standard InChI is InChI=1S/C79H116ClF3N12O12/c1-12-51(4)68-75(105)89(7)48-66(98)87(5)49-67(99)91(9)62(43-52-27-17-13-18-28-52)73(103)88(6)47-64(96)84-59(36-34-53-33-35-57(58(80)42-53)79(81,82)83)72(102)95-46-56(54-29-19-14-20-30-54)44-61(95)71(101)86-78(37-23-24-38-78)77(107)93(11)69(55-31-21-15-22-32-55)76(106)92(10)63(74(104)94-39-25-16-26-40-94)45-65(97)90(8)60(41-50(2)3)70(100)85-68/h14,19-20,29-30,33,35,42,50-52,55-56,59-63,68-69H,12-13,15-18,21-28,31-32,34,36-41,43-49H2,1-11H3,(H,84,96)(H,85,100)(H,86,101)/t51-,56-,59-,60-,61-,62-,63-,68-,69-/m0/s1. The molecule has 0 unspecified atom stereocenters. The Labute approximate surface area is 634 Å². The van der Waals surface area contributed by atoms with Crippen LogP contribution in [0.15, 0.2) is 48.5 Å². The van der Waals surface area contributed by atoms with Crippen LogP contribution in [0.5, 0.6) is 0 Å². The molecule has 0 bridgehead atoms. The average Bonchev–Trinajstić information content (AvgIpc) is 1.71. The highest BCUT2D eigenvalue weighted by Gasteiger charge is 2.52. The zero-order chi connectivity index (χ0) is 78.4. The number of carbonyl (C=O) groups is 12. The summed E-state index contributed by atoms with van der Waals surface area (Å²) in [6, 6.07) is 3.45. The Balaban J connectivity index is 1.22. The van der Waals surface area contributed by atoms with Gasteiger partial charge in [0, 0.05) is 74.9 Å². The minimum atomic E-state index is -4.78. The molecule has 3 aliphatic carbocycles. The van der Waals surface area contributed by atoms with Gasteiger partial charge in [-0.05, 0) is 124 Å². The largest absolute Gasteiger partial charge is 0.417 e. The van der Waals surface area contributed by atoms with Crippen LogP contribution in [-0.2, 0) is 70.1 Å². The number of carbonyl (C=O) groups excluding carboxylic acids is 12. The molecule has 6 fully saturated rings. The lowest BCUT2D eigenvalue weighted by Crippen LogP contribution is -2.65. The molecule has 107 heavy (non-hydrogen) atoms. The number of likely N-dealkylation sites (tertiary alicyclic amines) is 1. The number of alkyl halides is 3. The highest BCUT2D eigenvalue weighted by atomic mass is 35.5. The third-order valence-electron chi connectivity index (χ3n) is 23.7. The van der Waals surface area contributed by atoms with Gasteiger partial charge in [0.1, 0.15) is 47.8 Å². The predicted octanol–water partition coefficient (Wildman–Crippen LogP) is 7.82. The summed E-state index contributed by atoms with van der Waals surface area (Å²) in [7, 11) is 10.1. The van der Waals surface area contributed by atoms with Crippen molar-refractivity contribution in [2.75, 3.05) is 88.6 Å². The zero-order valence-electron chi connectivity index (χ0n) is 64.7. The van der Waals surface area contributed by atoms with Crippen molar-refractivity contribution in [2.24, 2.45) is 23.7 Å². The smallest absolute Gasteiger partial charge is 0.343 e. The Morgan fingerprint density at radius 3 is 1.83 bits per heavy atom. The summed E-state index contributed by atoms with van der Waals surface area (Å²) in [5, 5.41) is 8.33. The SMILES string of the molecule is CC[C@H](C)[C@@H]1NC(=O)[C@H](CC(C)C)N(C)C(=O)C[C@@H](C(=O)N2CCCCC2)N(C)C(=O)[C@H](C2CCCCC2)N(C)C(=O)C2(CCCC2)NC(=O)[C@@H]2C[C@H](c3ccccc3)CN2C(=O)[C@H](CCc2ccc(C(F)(F)F)c(Cl)c2)NC(=O)CN(C)C(=O)[C@H](CC2CCCCC2)N(C)C(=O)CN(C)C(=O)CN(C)C1=O. The molecule has 592 valence electrons. The Kier molecular flexibility index (Phi) is 30.1. The van der Waals surface area contributed by atoms with Crippen molar-refractivity contribution >= 4 is 82.5 Å². The number of fused-ring (bicyclic) bond motifs is 1. The Hall–Kier alpha value is -7.84. The Morgan fingerprint density at radius 2 is 1.22 bits per heavy atom. The van der Waals surface area contributed by atoms with E-state index in [0.29, 0.717) is 63.6 Å². The van der Waals surface area contributed by atoms with E-state index in [-0.39, 0.29) is 63.3 Å². The minimum absolute atomic E-state index is 0.00570. The van der Waals surface area contributed by atoms with Crippen LogP contribution in [0, 0.1) is 23.7 Å². The van der Waals surface area contributed by atoms with Gasteiger partial charge < -0.3 is 60.0 Å². The number of piperidine rings is 1. The number of hydrogen-bond acceptors (Lipinski definition) is 12. The minimum Gasteiger partial charge on any atom is -0.343 e. The summed E-state index contributed by atoms with van der Waals surface area (Å²) in [5.74, 6) is -9.32. The number of rotatable bonds is 12. The van der Waals surface area contributed by atoms with Crippen molar-refractivity contribution in [2.45, 2.75) is 242 Å². The monoisotopic (exact) mass is 1520 g/mol. The lowest BCUT2D eigenvalue weighted by molar-refractivity contribution is -0.157. The molecule has 3 saturated carbocycles. The van der Waals surface area contributed by atoms with E-state index in [1.54, 1.807) is 11.8 Å². The first-order valence-electron chi connectivity index (χ1n) is 38.9. The molecule has 1 spiro atoms. The number of aryl methyl sites for hydroxylation is 1. The van der Waals surface area contributed by atoms with Crippen LogP contribution < -0.4 is 16.0 Å². The second-order valence-corrected chi connectivity index (χ2v) is 32.2. The number of nitrogens with zero attached hydrogens (tertiary/aromatic N) is 9. The molecule has 2 aromatic rings. The van der Waals surface area contributed by atoms with Crippen molar-refractivity contribution in [3.63, 3.8) is 0 Å². The first kappa shape index (κ1) is 84.8. The van der Waals surface area contributed by atoms with Gasteiger partial charge in [-0.3, -0.25) is 57.5 Å². The van der Waals surface area contributed by atoms with Gasteiger partial charge in [0.05, 0.1) is 36.6 Å². The van der Waals surface area contributed by atoms with Crippen LogP contribution in [-0.4, -0.2) is 251 Å². The number of hydrogen-bond donors (Lipinski definition) is 3. The third-order valence-corrected chi connectivity index (χ3v) is 24.0. The topological polar surface area (TPSA) is 270 Å². The molecule has 8 rings (SSSR count). The van der Waals surface area contributed by atoms with Crippen LogP contribution in [0.4, 0.5) is 13.2 Å². The summed E-state index contributed by atoms with van der Waals surface area (Å²) < 4.78 is 42.1. The number of nitrogens with one attached hydrogen (secondary N) is 3. The molecule has 24 nitrogen and oxygen atoms in total. The second-order valence-electron chi connectivity index (χ2n) is 31.8. The zero-order valence-corrected chi connectivity index (χ0v) is 65.5. The fraction of sp³-hybridized carbons (Fsp3) is 0.696. The maximum atomic E-state index is 16.0. The van der Waals surface area contributed by atoms with Crippen LogP contribution in [0.3, 0.4) is 0 Å². The number of amides is 12. The molecule has 9 atom stereocenters. The summed E-state index contributed by atoms with van der Waals surface area (Å²) in [6.07, 6.45) is 6.38. The van der Waals surface area contributed by atoms with E-state index in [4.69, 9.17) is 11.6 Å². The van der Waals surface area contributed by atoms with Gasteiger partial charge in [0.25, 0.3) is 0 Å². The van der Waals surface area contributed by atoms with Gasteiger partial charge in [-0.15, -0.1) is 0 Å². The summed E-state index contributed by atoms with van der Waals surface area (Å²) in [4.78, 5) is 194. The normalized spacial score (nSPS) is 26.6. The Morgan fingerprint density at radius 1 is 0.626 bits per heavy atom. The van der Waals surface area contributed by atoms with Crippen LogP contribution >= 0.6 is 11.6 Å². The molecule has 0 aromatic heterocycles. The van der Waals surface area contributed by atoms with E-state index in [2.05, 4.69) is 16.0 Å². The van der Waals surface area contributed by atoms with E-state index < -0.39 is 179 Å². The maximum absolute atomic E-state index is 16.0. The first-order valence-corrected chi connectivity index (χ1v) is 39.2. The van der Waals surface area contributed by atoms with Gasteiger partial charge in [-0.1, -0.05) is 146 Å². The highest BCUT2D eigenvalue weighted by Crippen LogP contribution is 2.40. The molecular formula is C79H116ClF3N12O12. The van der Waals surface area contributed by atoms with Crippen LogP contribution in [0.1, 0.15) is 198 Å². The Bertz CT molecular complexity index is 3490. The lowest BCUT2D eigenvalue weighted by Gasteiger charge is -2.43. The van der Waals surface area contributed by atoms with Gasteiger partial charge in [0.15, 0.2) is 0 Å². The maximum Gasteiger partial charge on any atom is 0.417 e. The van der Waals surface area contributed by atoms with Crippen molar-refractivity contribution in [1.82, 2.24) is 60.0 Å². The van der Waals surface area contributed by atoms with E-state index in [9.17, 15) is 37.1 Å². The van der Waals surface area contributed by atoms with Crippen molar-refractivity contribution in [3.05, 3.63) is 70.2 Å². The second kappa shape index (κ2) is 38.0. The molecule has 3 aliphatic heterocycles.